The van der Waals surface area contributed by atoms with Gasteiger partial charge in [0.1, 0.15) is 0 Å². The van der Waals surface area contributed by atoms with E-state index in [1.54, 1.807) is 12.1 Å². The van der Waals surface area contributed by atoms with Crippen LogP contribution in [-0.2, 0) is 0 Å². The Morgan fingerprint density at radius 1 is 0.897 bits per heavy atom. The fraction of sp³-hybridized carbons (Fsp3) is 0.217. The zero-order chi connectivity index (χ0) is 20.2. The van der Waals surface area contributed by atoms with Gasteiger partial charge in [0.05, 0.1) is 5.56 Å². The lowest BCUT2D eigenvalue weighted by molar-refractivity contribution is 0.0698. The second kappa shape index (κ2) is 8.57. The van der Waals surface area contributed by atoms with Gasteiger partial charge in [0.2, 0.25) is 0 Å². The van der Waals surface area contributed by atoms with Gasteiger partial charge in [-0.3, -0.25) is 9.59 Å². The van der Waals surface area contributed by atoms with Crippen molar-refractivity contribution in [1.82, 2.24) is 14.8 Å². The van der Waals surface area contributed by atoms with Gasteiger partial charge in [-0.25, -0.2) is 0 Å². The topological polar surface area (TPSA) is 54.3 Å². The van der Waals surface area contributed by atoms with E-state index in [4.69, 9.17) is 0 Å². The van der Waals surface area contributed by atoms with Crippen LogP contribution in [0.3, 0.4) is 0 Å². The molecule has 5 nitrogen and oxygen atoms in total. The van der Waals surface area contributed by atoms with E-state index < -0.39 is 0 Å². The number of carbonyl (C=O) groups excluding carboxylic acids is 2. The van der Waals surface area contributed by atoms with Crippen molar-refractivity contribution in [2.24, 2.45) is 0 Å². The Labute approximate surface area is 175 Å². The number of amides is 2. The number of aromatic nitrogens is 1. The molecule has 3 aromatic rings. The van der Waals surface area contributed by atoms with Crippen molar-refractivity contribution < 1.29 is 9.59 Å². The number of benzene rings is 2. The van der Waals surface area contributed by atoms with Gasteiger partial charge < -0.3 is 14.8 Å². The third-order valence-electron chi connectivity index (χ3n) is 5.28. The molecule has 29 heavy (non-hydrogen) atoms. The molecule has 0 unspecified atom stereocenters. The van der Waals surface area contributed by atoms with Crippen molar-refractivity contribution in [1.29, 1.82) is 0 Å². The zero-order valence-corrected chi connectivity index (χ0v) is 16.9. The first kappa shape index (κ1) is 19.3. The maximum atomic E-state index is 12.8. The SMILES string of the molecule is O=C(NC1CCN(C(=O)c2ccc(-n3cccc3)cc2)CC1)c1ccccc1S. The molecular formula is C23H23N3O2S. The molecule has 1 aromatic heterocycles. The number of nitrogens with one attached hydrogen (secondary N) is 1. The summed E-state index contributed by atoms with van der Waals surface area (Å²) in [7, 11) is 0. The first-order valence-corrected chi connectivity index (χ1v) is 10.2. The highest BCUT2D eigenvalue weighted by atomic mass is 32.1. The van der Waals surface area contributed by atoms with Crippen LogP contribution in [0.2, 0.25) is 0 Å². The maximum absolute atomic E-state index is 12.8. The van der Waals surface area contributed by atoms with Gasteiger partial charge in [-0.05, 0) is 61.4 Å². The molecule has 1 aliphatic rings. The van der Waals surface area contributed by atoms with Gasteiger partial charge in [-0.2, -0.15) is 0 Å². The summed E-state index contributed by atoms with van der Waals surface area (Å²) < 4.78 is 2.01. The fourth-order valence-electron chi connectivity index (χ4n) is 3.62. The van der Waals surface area contributed by atoms with Gasteiger partial charge in [0, 0.05) is 47.7 Å². The van der Waals surface area contributed by atoms with Crippen LogP contribution in [0.5, 0.6) is 0 Å². The molecule has 2 amide bonds. The summed E-state index contributed by atoms with van der Waals surface area (Å²) in [6, 6.07) is 18.9. The van der Waals surface area contributed by atoms with Crippen LogP contribution < -0.4 is 5.32 Å². The number of carbonyl (C=O) groups is 2. The van der Waals surface area contributed by atoms with Crippen molar-refractivity contribution >= 4 is 24.4 Å². The van der Waals surface area contributed by atoms with E-state index in [2.05, 4.69) is 17.9 Å². The highest BCUT2D eigenvalue weighted by molar-refractivity contribution is 7.80. The standard InChI is InChI=1S/C23H23N3O2S/c27-22(20-5-1-2-6-21(20)29)24-18-11-15-26(16-12-18)23(28)17-7-9-19(10-8-17)25-13-3-4-14-25/h1-10,13-14,18,29H,11-12,15-16H2,(H,24,27). The Hall–Kier alpha value is -2.99. The molecule has 0 radical (unpaired) electrons. The molecule has 1 saturated heterocycles. The summed E-state index contributed by atoms with van der Waals surface area (Å²) in [5.74, 6) is -0.0736. The fourth-order valence-corrected chi connectivity index (χ4v) is 3.88. The first-order chi connectivity index (χ1) is 14.1. The predicted octanol–water partition coefficient (Wildman–Crippen LogP) is 3.80. The minimum atomic E-state index is -0.110. The summed E-state index contributed by atoms with van der Waals surface area (Å²) in [4.78, 5) is 27.8. The Kier molecular flexibility index (Phi) is 5.71. The second-order valence-corrected chi connectivity index (χ2v) is 7.68. The van der Waals surface area contributed by atoms with Crippen LogP contribution in [0.25, 0.3) is 5.69 Å². The van der Waals surface area contributed by atoms with Crippen LogP contribution in [0, 0.1) is 0 Å². The van der Waals surface area contributed by atoms with Crippen LogP contribution in [-0.4, -0.2) is 40.4 Å². The number of piperidine rings is 1. The molecule has 1 fully saturated rings. The maximum Gasteiger partial charge on any atom is 0.253 e. The average molecular weight is 406 g/mol. The quantitative estimate of drug-likeness (QED) is 0.649. The smallest absolute Gasteiger partial charge is 0.253 e. The van der Waals surface area contributed by atoms with E-state index in [-0.39, 0.29) is 17.9 Å². The summed E-state index contributed by atoms with van der Waals surface area (Å²) in [6.07, 6.45) is 5.44. The molecule has 0 aliphatic carbocycles. The van der Waals surface area contributed by atoms with Gasteiger partial charge >= 0.3 is 0 Å². The Morgan fingerprint density at radius 3 is 2.21 bits per heavy atom. The lowest BCUT2D eigenvalue weighted by Gasteiger charge is -2.32. The minimum absolute atomic E-state index is 0.0366. The molecule has 148 valence electrons. The van der Waals surface area contributed by atoms with Crippen LogP contribution in [0.15, 0.2) is 78.0 Å². The van der Waals surface area contributed by atoms with Crippen LogP contribution >= 0.6 is 12.6 Å². The molecule has 4 rings (SSSR count). The zero-order valence-electron chi connectivity index (χ0n) is 16.0. The third-order valence-corrected chi connectivity index (χ3v) is 5.67. The van der Waals surface area contributed by atoms with Crippen molar-refractivity contribution in [3.63, 3.8) is 0 Å². The second-order valence-electron chi connectivity index (χ2n) is 7.19. The monoisotopic (exact) mass is 405 g/mol. The van der Waals surface area contributed by atoms with Gasteiger partial charge in [-0.15, -0.1) is 12.6 Å². The summed E-state index contributed by atoms with van der Waals surface area (Å²) in [5, 5.41) is 3.07. The molecule has 0 bridgehead atoms. The molecule has 0 spiro atoms. The van der Waals surface area contributed by atoms with Crippen LogP contribution in [0.1, 0.15) is 33.6 Å². The highest BCUT2D eigenvalue weighted by Crippen LogP contribution is 2.18. The molecule has 2 aromatic carbocycles. The van der Waals surface area contributed by atoms with Gasteiger partial charge in [0.15, 0.2) is 0 Å². The summed E-state index contributed by atoms with van der Waals surface area (Å²) >= 11 is 4.35. The Bertz CT molecular complexity index is 991. The van der Waals surface area contributed by atoms with Gasteiger partial charge in [0.25, 0.3) is 11.8 Å². The minimum Gasteiger partial charge on any atom is -0.349 e. The average Bonchev–Trinajstić information content (AvgIpc) is 3.29. The lowest BCUT2D eigenvalue weighted by atomic mass is 10.0. The largest absolute Gasteiger partial charge is 0.349 e. The highest BCUT2D eigenvalue weighted by Gasteiger charge is 2.25. The van der Waals surface area contributed by atoms with E-state index >= 15 is 0 Å². The molecule has 6 heteroatoms. The number of likely N-dealkylation sites (tertiary alicyclic amines) is 1. The van der Waals surface area contributed by atoms with Crippen LogP contribution in [0.4, 0.5) is 0 Å². The third kappa shape index (κ3) is 4.38. The molecule has 0 atom stereocenters. The van der Waals surface area contributed by atoms with Crippen molar-refractivity contribution in [2.45, 2.75) is 23.8 Å². The van der Waals surface area contributed by atoms with E-state index in [9.17, 15) is 9.59 Å². The van der Waals surface area contributed by atoms with E-state index in [1.165, 1.54) is 0 Å². The van der Waals surface area contributed by atoms with Crippen molar-refractivity contribution in [3.05, 3.63) is 84.2 Å². The Morgan fingerprint density at radius 2 is 1.55 bits per heavy atom. The summed E-state index contributed by atoms with van der Waals surface area (Å²) in [6.45, 7) is 1.26. The Balaban J connectivity index is 1.33. The number of thiol groups is 1. The predicted molar refractivity (Wildman–Crippen MR) is 116 cm³/mol. The lowest BCUT2D eigenvalue weighted by Crippen LogP contribution is -2.46. The van der Waals surface area contributed by atoms with Crippen molar-refractivity contribution in [2.75, 3.05) is 13.1 Å². The number of rotatable bonds is 4. The molecule has 2 heterocycles. The molecule has 1 N–H and O–H groups in total. The number of hydrogen-bond donors (Lipinski definition) is 2. The van der Waals surface area contributed by atoms with Crippen molar-refractivity contribution in [3.8, 4) is 5.69 Å². The molecular weight excluding hydrogens is 382 g/mol. The molecule has 1 aliphatic heterocycles. The number of nitrogens with zero attached hydrogens (tertiary/aromatic N) is 2. The molecule has 0 saturated carbocycles. The van der Waals surface area contributed by atoms with E-state index in [1.807, 2.05) is 70.4 Å². The number of hydrogen-bond acceptors (Lipinski definition) is 3. The van der Waals surface area contributed by atoms with E-state index in [0.29, 0.717) is 29.1 Å². The summed E-state index contributed by atoms with van der Waals surface area (Å²) in [5.41, 5.74) is 2.29. The normalized spacial score (nSPS) is 14.6. The van der Waals surface area contributed by atoms with Gasteiger partial charge in [-0.1, -0.05) is 12.1 Å². The first-order valence-electron chi connectivity index (χ1n) is 9.73. The van der Waals surface area contributed by atoms with E-state index in [0.717, 1.165) is 18.5 Å².